The highest BCUT2D eigenvalue weighted by Gasteiger charge is 2.35. The summed E-state index contributed by atoms with van der Waals surface area (Å²) >= 11 is 0. The predicted molar refractivity (Wildman–Crippen MR) is 77.8 cm³/mol. The maximum Gasteiger partial charge on any atom is 0.253 e. The number of piperidine rings is 3. The van der Waals surface area contributed by atoms with Crippen LogP contribution in [0.25, 0.3) is 0 Å². The Morgan fingerprint density at radius 2 is 2.05 bits per heavy atom. The van der Waals surface area contributed by atoms with Crippen molar-refractivity contribution < 1.29 is 4.79 Å². The Bertz CT molecular complexity index is 490. The molecule has 4 aliphatic rings. The highest BCUT2D eigenvalue weighted by atomic mass is 16.1. The predicted octanol–water partition coefficient (Wildman–Crippen LogP) is 1.65. The molecule has 3 saturated heterocycles. The van der Waals surface area contributed by atoms with Gasteiger partial charge in [-0.3, -0.25) is 4.79 Å². The number of aromatic nitrogens is 1. The molecule has 5 rings (SSSR count). The van der Waals surface area contributed by atoms with Crippen LogP contribution in [-0.2, 0) is 13.0 Å². The Morgan fingerprint density at radius 3 is 2.75 bits per heavy atom. The summed E-state index contributed by atoms with van der Waals surface area (Å²) in [6.45, 7) is 4.56. The zero-order valence-corrected chi connectivity index (χ0v) is 12.0. The molecule has 0 aromatic carbocycles. The van der Waals surface area contributed by atoms with E-state index in [1.165, 1.54) is 44.5 Å². The minimum absolute atomic E-state index is 0.130. The molecular formula is C16H23N3O. The molecule has 3 fully saturated rings. The first-order valence-electron chi connectivity index (χ1n) is 8.02. The summed E-state index contributed by atoms with van der Waals surface area (Å²) < 4.78 is 2.26. The van der Waals surface area contributed by atoms with E-state index in [1.54, 1.807) is 0 Å². The fourth-order valence-electron chi connectivity index (χ4n) is 4.07. The molecule has 1 amide bonds. The molecule has 0 unspecified atom stereocenters. The molecule has 1 aromatic rings. The van der Waals surface area contributed by atoms with Crippen molar-refractivity contribution in [3.8, 4) is 0 Å². The highest BCUT2D eigenvalue weighted by molar-refractivity contribution is 5.94. The topological polar surface area (TPSA) is 37.3 Å². The van der Waals surface area contributed by atoms with Crippen molar-refractivity contribution in [2.24, 2.45) is 5.92 Å². The molecule has 0 radical (unpaired) electrons. The second-order valence-corrected chi connectivity index (χ2v) is 6.59. The van der Waals surface area contributed by atoms with Crippen LogP contribution in [0.5, 0.6) is 0 Å². The average Bonchev–Trinajstić information content (AvgIpc) is 2.92. The second-order valence-electron chi connectivity index (χ2n) is 6.59. The van der Waals surface area contributed by atoms with Crippen molar-refractivity contribution in [1.82, 2.24) is 14.8 Å². The van der Waals surface area contributed by atoms with Gasteiger partial charge in [0.15, 0.2) is 0 Å². The van der Waals surface area contributed by atoms with Crippen molar-refractivity contribution in [3.63, 3.8) is 0 Å². The molecule has 108 valence electrons. The fraction of sp³-hybridized carbons (Fsp3) is 0.688. The van der Waals surface area contributed by atoms with Gasteiger partial charge in [-0.15, -0.1) is 0 Å². The Kier molecular flexibility index (Phi) is 3.06. The van der Waals surface area contributed by atoms with Gasteiger partial charge in [-0.2, -0.15) is 0 Å². The molecule has 1 aromatic heterocycles. The molecule has 1 atom stereocenters. The lowest BCUT2D eigenvalue weighted by Gasteiger charge is -2.44. The third-order valence-corrected chi connectivity index (χ3v) is 5.30. The maximum atomic E-state index is 12.5. The van der Waals surface area contributed by atoms with Gasteiger partial charge in [-0.1, -0.05) is 0 Å². The van der Waals surface area contributed by atoms with Gasteiger partial charge in [0.25, 0.3) is 5.91 Å². The van der Waals surface area contributed by atoms with Gasteiger partial charge in [-0.25, -0.2) is 0 Å². The van der Waals surface area contributed by atoms with Crippen molar-refractivity contribution in [3.05, 3.63) is 23.5 Å². The monoisotopic (exact) mass is 273 g/mol. The lowest BCUT2D eigenvalue weighted by atomic mass is 9.84. The molecule has 4 heteroatoms. The van der Waals surface area contributed by atoms with Crippen LogP contribution in [-0.4, -0.2) is 41.1 Å². The summed E-state index contributed by atoms with van der Waals surface area (Å²) in [5.41, 5.74) is 2.19. The third kappa shape index (κ3) is 2.16. The smallest absolute Gasteiger partial charge is 0.253 e. The minimum Gasteiger partial charge on any atom is -0.351 e. The van der Waals surface area contributed by atoms with Gasteiger partial charge >= 0.3 is 0 Å². The Hall–Kier alpha value is -1.29. The van der Waals surface area contributed by atoms with Gasteiger partial charge < -0.3 is 14.8 Å². The number of hydrogen-bond donors (Lipinski definition) is 1. The zero-order valence-electron chi connectivity index (χ0n) is 12.0. The molecular weight excluding hydrogens is 250 g/mol. The van der Waals surface area contributed by atoms with Crippen LogP contribution >= 0.6 is 0 Å². The summed E-state index contributed by atoms with van der Waals surface area (Å²) in [6.07, 6.45) is 8.15. The molecule has 0 spiro atoms. The van der Waals surface area contributed by atoms with Crippen molar-refractivity contribution >= 4 is 5.91 Å². The van der Waals surface area contributed by atoms with Crippen molar-refractivity contribution in [2.75, 3.05) is 19.6 Å². The molecule has 0 aliphatic carbocycles. The van der Waals surface area contributed by atoms with Gasteiger partial charge in [0.1, 0.15) is 0 Å². The summed E-state index contributed by atoms with van der Waals surface area (Å²) in [5, 5.41) is 3.28. The molecule has 20 heavy (non-hydrogen) atoms. The second kappa shape index (κ2) is 4.92. The first-order chi connectivity index (χ1) is 9.79. The summed E-state index contributed by atoms with van der Waals surface area (Å²) in [5.74, 6) is 0.826. The van der Waals surface area contributed by atoms with E-state index in [0.717, 1.165) is 25.1 Å². The van der Waals surface area contributed by atoms with Crippen LogP contribution in [0.1, 0.15) is 41.7 Å². The Morgan fingerprint density at radius 1 is 1.20 bits per heavy atom. The van der Waals surface area contributed by atoms with Gasteiger partial charge in [0, 0.05) is 31.0 Å². The third-order valence-electron chi connectivity index (χ3n) is 5.30. The quantitative estimate of drug-likeness (QED) is 0.889. The fourth-order valence-corrected chi connectivity index (χ4v) is 4.07. The first-order valence-corrected chi connectivity index (χ1v) is 8.02. The molecule has 5 heterocycles. The van der Waals surface area contributed by atoms with E-state index in [2.05, 4.69) is 20.9 Å². The largest absolute Gasteiger partial charge is 0.351 e. The minimum atomic E-state index is 0.130. The number of nitrogens with one attached hydrogen (secondary N) is 1. The van der Waals surface area contributed by atoms with Crippen molar-refractivity contribution in [2.45, 2.75) is 44.7 Å². The molecule has 2 bridgehead atoms. The van der Waals surface area contributed by atoms with E-state index in [9.17, 15) is 4.79 Å². The number of amides is 1. The van der Waals surface area contributed by atoms with E-state index in [1.807, 2.05) is 6.20 Å². The van der Waals surface area contributed by atoms with E-state index < -0.39 is 0 Å². The Balaban J connectivity index is 1.46. The lowest BCUT2D eigenvalue weighted by Crippen LogP contribution is -2.57. The maximum absolute atomic E-state index is 12.5. The summed E-state index contributed by atoms with van der Waals surface area (Å²) in [4.78, 5) is 14.9. The SMILES string of the molecule is O=C(N[C@H]1CN2CCC1CC2)c1cc2n(c1)CCCC2. The van der Waals surface area contributed by atoms with Crippen LogP contribution in [0.4, 0.5) is 0 Å². The average molecular weight is 273 g/mol. The van der Waals surface area contributed by atoms with E-state index in [-0.39, 0.29) is 5.91 Å². The number of carbonyl (C=O) groups excluding carboxylic acids is 1. The number of hydrogen-bond acceptors (Lipinski definition) is 2. The molecule has 0 saturated carbocycles. The standard InChI is InChI=1S/C16H23N3O/c20-16(13-9-14-3-1-2-6-19(14)10-13)17-15-11-18-7-4-12(15)5-8-18/h9-10,12,15H,1-8,11H2,(H,17,20)/t15-/m0/s1. The molecule has 4 nitrogen and oxygen atoms in total. The van der Waals surface area contributed by atoms with E-state index in [4.69, 9.17) is 0 Å². The van der Waals surface area contributed by atoms with Crippen LogP contribution < -0.4 is 5.32 Å². The Labute approximate surface area is 120 Å². The summed E-state index contributed by atoms with van der Waals surface area (Å²) in [6, 6.07) is 2.46. The lowest BCUT2D eigenvalue weighted by molar-refractivity contribution is 0.0620. The number of aryl methyl sites for hydroxylation is 2. The zero-order chi connectivity index (χ0) is 13.5. The number of carbonyl (C=O) groups is 1. The molecule has 4 aliphatic heterocycles. The van der Waals surface area contributed by atoms with Gasteiger partial charge in [-0.05, 0) is 57.2 Å². The van der Waals surface area contributed by atoms with Crippen LogP contribution in [0.2, 0.25) is 0 Å². The highest BCUT2D eigenvalue weighted by Crippen LogP contribution is 2.28. The van der Waals surface area contributed by atoms with Gasteiger partial charge in [0.2, 0.25) is 0 Å². The summed E-state index contributed by atoms with van der Waals surface area (Å²) in [7, 11) is 0. The van der Waals surface area contributed by atoms with E-state index >= 15 is 0 Å². The molecule has 1 N–H and O–H groups in total. The number of fused-ring (bicyclic) bond motifs is 4. The van der Waals surface area contributed by atoms with Crippen LogP contribution in [0.3, 0.4) is 0 Å². The van der Waals surface area contributed by atoms with E-state index in [0.29, 0.717) is 12.0 Å². The number of rotatable bonds is 2. The van der Waals surface area contributed by atoms with Crippen molar-refractivity contribution in [1.29, 1.82) is 0 Å². The first kappa shape index (κ1) is 12.5. The number of nitrogens with zero attached hydrogens (tertiary/aromatic N) is 2. The van der Waals surface area contributed by atoms with Crippen LogP contribution in [0.15, 0.2) is 12.3 Å². The van der Waals surface area contributed by atoms with Gasteiger partial charge in [0.05, 0.1) is 5.56 Å². The van der Waals surface area contributed by atoms with Crippen LogP contribution in [0, 0.1) is 5.92 Å². The normalized spacial score (nSPS) is 31.9.